The second kappa shape index (κ2) is 11.9. The summed E-state index contributed by atoms with van der Waals surface area (Å²) in [6, 6.07) is 6.47. The van der Waals surface area contributed by atoms with Gasteiger partial charge in [0.1, 0.15) is 34.8 Å². The molecule has 1 aliphatic heterocycles. The maximum Gasteiger partial charge on any atom is 0.325 e. The van der Waals surface area contributed by atoms with E-state index in [2.05, 4.69) is 5.32 Å². The average molecular weight is 563 g/mol. The molecule has 1 aliphatic rings. The van der Waals surface area contributed by atoms with E-state index in [9.17, 15) is 31.5 Å². The van der Waals surface area contributed by atoms with Crippen molar-refractivity contribution in [1.82, 2.24) is 10.2 Å². The van der Waals surface area contributed by atoms with Gasteiger partial charge < -0.3 is 20.7 Å². The first kappa shape index (κ1) is 28.8. The van der Waals surface area contributed by atoms with Gasteiger partial charge in [0, 0.05) is 54.5 Å². The number of ether oxygens (including phenoxy) is 1. The number of benzene rings is 3. The fourth-order valence-electron chi connectivity index (χ4n) is 4.35. The molecule has 3 amide bonds. The number of fused-ring (bicyclic) bond motifs is 1. The van der Waals surface area contributed by atoms with Crippen molar-refractivity contribution in [3.8, 4) is 5.75 Å². The summed E-state index contributed by atoms with van der Waals surface area (Å²) in [5, 5.41) is 2.37. The van der Waals surface area contributed by atoms with Crippen LogP contribution >= 0.6 is 0 Å². The van der Waals surface area contributed by atoms with E-state index in [1.54, 1.807) is 13.0 Å². The lowest BCUT2D eigenvalue weighted by Gasteiger charge is -2.39. The van der Waals surface area contributed by atoms with E-state index in [1.807, 2.05) is 0 Å². The predicted octanol–water partition coefficient (Wildman–Crippen LogP) is 5.17. The van der Waals surface area contributed by atoms with Gasteiger partial charge in [0.25, 0.3) is 5.91 Å². The minimum atomic E-state index is -1.16. The Labute approximate surface area is 227 Å². The second-order valence-corrected chi connectivity index (χ2v) is 9.32. The molecule has 1 atom stereocenters. The van der Waals surface area contributed by atoms with Crippen LogP contribution in [0, 0.1) is 29.1 Å². The summed E-state index contributed by atoms with van der Waals surface area (Å²) in [6.45, 7) is 1.24. The summed E-state index contributed by atoms with van der Waals surface area (Å²) in [4.78, 5) is 28.6. The lowest BCUT2D eigenvalue weighted by Crippen LogP contribution is -2.47. The van der Waals surface area contributed by atoms with Crippen LogP contribution in [0.3, 0.4) is 0 Å². The maximum atomic E-state index is 15.0. The van der Waals surface area contributed by atoms with Crippen molar-refractivity contribution >= 4 is 17.6 Å². The van der Waals surface area contributed by atoms with Crippen molar-refractivity contribution in [2.45, 2.75) is 32.5 Å². The SMILES string of the molecule is CC1c2ccc(C(=O)NCc3c(F)cc(F)cc3F)cc2N(Cc2c(F)cc(OCCCN)cc2F)C(=O)N1C. The molecule has 1 unspecified atom stereocenters. The highest BCUT2D eigenvalue weighted by atomic mass is 19.2. The number of rotatable bonds is 9. The van der Waals surface area contributed by atoms with Gasteiger partial charge in [-0.05, 0) is 37.6 Å². The monoisotopic (exact) mass is 562 g/mol. The van der Waals surface area contributed by atoms with Crippen LogP contribution < -0.4 is 20.7 Å². The van der Waals surface area contributed by atoms with Crippen LogP contribution in [0.25, 0.3) is 0 Å². The van der Waals surface area contributed by atoms with E-state index in [-0.39, 0.29) is 29.2 Å². The molecule has 0 spiro atoms. The quantitative estimate of drug-likeness (QED) is 0.278. The number of nitrogens with one attached hydrogen (secondary N) is 1. The summed E-state index contributed by atoms with van der Waals surface area (Å²) in [7, 11) is 1.54. The lowest BCUT2D eigenvalue weighted by atomic mass is 9.98. The molecule has 7 nitrogen and oxygen atoms in total. The van der Waals surface area contributed by atoms with Crippen molar-refractivity contribution < 1.29 is 36.3 Å². The third-order valence-electron chi connectivity index (χ3n) is 6.73. The Morgan fingerprint density at radius 2 is 1.60 bits per heavy atom. The number of anilines is 1. The highest BCUT2D eigenvalue weighted by Gasteiger charge is 2.35. The molecule has 12 heteroatoms. The fourth-order valence-corrected chi connectivity index (χ4v) is 4.35. The third kappa shape index (κ3) is 5.86. The van der Waals surface area contributed by atoms with Crippen molar-refractivity contribution in [3.05, 3.63) is 93.8 Å². The summed E-state index contributed by atoms with van der Waals surface area (Å²) in [5.41, 5.74) is 5.37. The smallest absolute Gasteiger partial charge is 0.325 e. The van der Waals surface area contributed by atoms with Gasteiger partial charge in [0.2, 0.25) is 0 Å². The minimum Gasteiger partial charge on any atom is -0.493 e. The predicted molar refractivity (Wildman–Crippen MR) is 137 cm³/mol. The number of halogens is 5. The number of nitrogens with two attached hydrogens (primary N) is 1. The van der Waals surface area contributed by atoms with Crippen molar-refractivity contribution in [3.63, 3.8) is 0 Å². The largest absolute Gasteiger partial charge is 0.493 e. The number of carbonyl (C=O) groups is 2. The zero-order chi connectivity index (χ0) is 29.1. The molecule has 3 aromatic carbocycles. The zero-order valence-electron chi connectivity index (χ0n) is 21.7. The minimum absolute atomic E-state index is 0.0173. The number of carbonyl (C=O) groups excluding carboxylic acids is 2. The topological polar surface area (TPSA) is 87.9 Å². The third-order valence-corrected chi connectivity index (χ3v) is 6.73. The first-order chi connectivity index (χ1) is 19.0. The molecule has 0 saturated carbocycles. The Balaban J connectivity index is 1.62. The number of urea groups is 1. The van der Waals surface area contributed by atoms with Crippen molar-refractivity contribution in [2.24, 2.45) is 5.73 Å². The van der Waals surface area contributed by atoms with Crippen LogP contribution in [0.2, 0.25) is 0 Å². The maximum absolute atomic E-state index is 15.0. The lowest BCUT2D eigenvalue weighted by molar-refractivity contribution is 0.0950. The van der Waals surface area contributed by atoms with Gasteiger partial charge in [0.15, 0.2) is 0 Å². The molecular formula is C28H27F5N4O3. The Morgan fingerprint density at radius 3 is 2.23 bits per heavy atom. The summed E-state index contributed by atoms with van der Waals surface area (Å²) < 4.78 is 76.4. The van der Waals surface area contributed by atoms with Gasteiger partial charge in [-0.1, -0.05) is 6.07 Å². The fraction of sp³-hybridized carbons (Fsp3) is 0.286. The number of nitrogens with zero attached hydrogens (tertiary/aromatic N) is 2. The summed E-state index contributed by atoms with van der Waals surface area (Å²) in [6.07, 6.45) is 0.498. The van der Waals surface area contributed by atoms with Gasteiger partial charge in [-0.3, -0.25) is 9.69 Å². The molecule has 212 valence electrons. The zero-order valence-corrected chi connectivity index (χ0v) is 21.7. The van der Waals surface area contributed by atoms with Crippen LogP contribution in [-0.4, -0.2) is 37.0 Å². The van der Waals surface area contributed by atoms with E-state index in [1.165, 1.54) is 24.1 Å². The van der Waals surface area contributed by atoms with Crippen LogP contribution in [0.5, 0.6) is 5.75 Å². The molecule has 0 fully saturated rings. The number of hydrogen-bond donors (Lipinski definition) is 2. The number of amides is 3. The van der Waals surface area contributed by atoms with E-state index >= 15 is 0 Å². The van der Waals surface area contributed by atoms with E-state index in [0.717, 1.165) is 17.0 Å². The normalized spacial score (nSPS) is 14.8. The summed E-state index contributed by atoms with van der Waals surface area (Å²) >= 11 is 0. The molecule has 0 aromatic heterocycles. The molecule has 4 rings (SSSR count). The van der Waals surface area contributed by atoms with Crippen LogP contribution in [0.4, 0.5) is 32.4 Å². The van der Waals surface area contributed by atoms with Gasteiger partial charge >= 0.3 is 6.03 Å². The van der Waals surface area contributed by atoms with E-state index in [4.69, 9.17) is 10.5 Å². The van der Waals surface area contributed by atoms with Gasteiger partial charge in [-0.15, -0.1) is 0 Å². The highest BCUT2D eigenvalue weighted by molar-refractivity contribution is 5.99. The molecule has 40 heavy (non-hydrogen) atoms. The molecular weight excluding hydrogens is 535 g/mol. The highest BCUT2D eigenvalue weighted by Crippen LogP contribution is 2.38. The van der Waals surface area contributed by atoms with Gasteiger partial charge in [-0.2, -0.15) is 0 Å². The summed E-state index contributed by atoms with van der Waals surface area (Å²) in [5.74, 6) is -6.00. The average Bonchev–Trinajstić information content (AvgIpc) is 2.90. The van der Waals surface area contributed by atoms with Gasteiger partial charge in [0.05, 0.1) is 24.9 Å². The first-order valence-corrected chi connectivity index (χ1v) is 12.4. The van der Waals surface area contributed by atoms with Crippen LogP contribution in [0.15, 0.2) is 42.5 Å². The molecule has 0 radical (unpaired) electrons. The Kier molecular flexibility index (Phi) is 8.58. The number of hydrogen-bond acceptors (Lipinski definition) is 4. The van der Waals surface area contributed by atoms with Crippen molar-refractivity contribution in [2.75, 3.05) is 25.1 Å². The molecule has 3 N–H and O–H groups in total. The Bertz CT molecular complexity index is 1410. The van der Waals surface area contributed by atoms with E-state index < -0.39 is 65.7 Å². The van der Waals surface area contributed by atoms with Crippen LogP contribution in [-0.2, 0) is 13.1 Å². The van der Waals surface area contributed by atoms with Gasteiger partial charge in [-0.25, -0.2) is 26.7 Å². The standard InChI is InChI=1S/C28H27F5N4O3/c1-15-19-5-4-16(27(38)35-13-20-22(30)9-17(29)10-23(20)31)8-26(19)37(28(39)36(15)2)14-21-24(32)11-18(12-25(21)33)40-7-3-6-34/h4-5,8-12,15H,3,6-7,13-14,34H2,1-2H3,(H,35,38). The molecule has 3 aromatic rings. The van der Waals surface area contributed by atoms with Crippen LogP contribution in [0.1, 0.15) is 46.4 Å². The van der Waals surface area contributed by atoms with E-state index in [0.29, 0.717) is 30.7 Å². The Morgan fingerprint density at radius 1 is 0.975 bits per heavy atom. The molecule has 0 saturated heterocycles. The molecule has 0 bridgehead atoms. The van der Waals surface area contributed by atoms with Crippen molar-refractivity contribution in [1.29, 1.82) is 0 Å². The second-order valence-electron chi connectivity index (χ2n) is 9.32. The molecule has 1 heterocycles. The first-order valence-electron chi connectivity index (χ1n) is 12.4. The Hall–Kier alpha value is -4.19. The molecule has 0 aliphatic carbocycles.